The van der Waals surface area contributed by atoms with E-state index >= 15 is 0 Å². The summed E-state index contributed by atoms with van der Waals surface area (Å²) in [7, 11) is 5.42. The number of hydrogen-bond donors (Lipinski definition) is 0. The number of nitro groups is 2. The number of cyclic esters (lactones) is 1. The van der Waals surface area contributed by atoms with Gasteiger partial charge in [-0.1, -0.05) is 0 Å². The second-order valence-corrected chi connectivity index (χ2v) is 8.28. The summed E-state index contributed by atoms with van der Waals surface area (Å²) in [5.41, 5.74) is -0.840. The van der Waals surface area contributed by atoms with E-state index in [9.17, 15) is 25.0 Å². The van der Waals surface area contributed by atoms with Gasteiger partial charge >= 0.3 is 17.3 Å². The van der Waals surface area contributed by atoms with Gasteiger partial charge in [0.05, 0.1) is 42.8 Å². The normalized spacial score (nSPS) is 19.8. The summed E-state index contributed by atoms with van der Waals surface area (Å²) in [4.78, 5) is 37.7. The number of ether oxygens (including phenoxy) is 6. The molecule has 3 aliphatic heterocycles. The molecule has 0 saturated heterocycles. The van der Waals surface area contributed by atoms with Crippen LogP contribution in [0.15, 0.2) is 6.07 Å². The van der Waals surface area contributed by atoms with Gasteiger partial charge in [0.25, 0.3) is 0 Å². The molecule has 14 heteroatoms. The van der Waals surface area contributed by atoms with E-state index in [0.29, 0.717) is 35.8 Å². The third-order valence-electron chi connectivity index (χ3n) is 6.63. The molecule has 0 bridgehead atoms. The van der Waals surface area contributed by atoms with Gasteiger partial charge in [-0.15, -0.1) is 0 Å². The van der Waals surface area contributed by atoms with Gasteiger partial charge in [-0.25, -0.2) is 4.79 Å². The average molecular weight is 503 g/mol. The molecule has 0 saturated carbocycles. The van der Waals surface area contributed by atoms with Crippen molar-refractivity contribution in [2.45, 2.75) is 18.6 Å². The number of fused-ring (bicyclic) bond motifs is 3. The number of esters is 1. The summed E-state index contributed by atoms with van der Waals surface area (Å²) in [5.74, 6) is -0.916. The van der Waals surface area contributed by atoms with E-state index in [1.165, 1.54) is 7.11 Å². The fourth-order valence-electron chi connectivity index (χ4n) is 5.22. The van der Waals surface area contributed by atoms with Gasteiger partial charge < -0.3 is 28.4 Å². The summed E-state index contributed by atoms with van der Waals surface area (Å²) < 4.78 is 32.8. The van der Waals surface area contributed by atoms with E-state index in [1.54, 1.807) is 13.1 Å². The lowest BCUT2D eigenvalue weighted by molar-refractivity contribution is -0.391. The van der Waals surface area contributed by atoms with Gasteiger partial charge in [0.2, 0.25) is 24.0 Å². The number of likely N-dealkylation sites (N-methyl/N-ethyl adjacent to an activating group) is 1. The minimum Gasteiger partial charge on any atom is -0.492 e. The number of rotatable bonds is 6. The standard InChI is InChI=1S/C22H21N3O11/c1-23-6-5-9-7-10-17(35-8-34-10)19(31-2)11(9)14(23)18-12-13(22(26)36-18)16(25(29)30)21(33-4)20(32-3)15(12)24(27)28/h7,14,18H,5-6,8H2,1-4H3. The fraction of sp³-hybridized carbons (Fsp3) is 0.409. The van der Waals surface area contributed by atoms with Crippen LogP contribution in [-0.2, 0) is 11.2 Å². The average Bonchev–Trinajstić information content (AvgIpc) is 3.44. The maximum Gasteiger partial charge on any atom is 0.346 e. The first-order chi connectivity index (χ1) is 17.2. The Bertz CT molecular complexity index is 1330. The fourth-order valence-corrected chi connectivity index (χ4v) is 5.22. The Kier molecular flexibility index (Phi) is 5.47. The molecule has 0 radical (unpaired) electrons. The molecule has 2 unspecified atom stereocenters. The van der Waals surface area contributed by atoms with Gasteiger partial charge in [0.1, 0.15) is 0 Å². The van der Waals surface area contributed by atoms with E-state index in [4.69, 9.17) is 28.4 Å². The van der Waals surface area contributed by atoms with Crippen LogP contribution in [0, 0.1) is 20.2 Å². The quantitative estimate of drug-likeness (QED) is 0.322. The van der Waals surface area contributed by atoms with Crippen LogP contribution in [0.2, 0.25) is 0 Å². The molecule has 0 spiro atoms. The maximum atomic E-state index is 13.1. The van der Waals surface area contributed by atoms with Crippen LogP contribution >= 0.6 is 0 Å². The van der Waals surface area contributed by atoms with Crippen LogP contribution in [0.25, 0.3) is 0 Å². The van der Waals surface area contributed by atoms with Crippen molar-refractivity contribution in [1.29, 1.82) is 0 Å². The topological polar surface area (TPSA) is 162 Å². The molecule has 190 valence electrons. The van der Waals surface area contributed by atoms with Crippen LogP contribution in [0.1, 0.15) is 39.2 Å². The zero-order valence-corrected chi connectivity index (χ0v) is 19.7. The second kappa shape index (κ2) is 8.41. The highest BCUT2D eigenvalue weighted by Crippen LogP contribution is 2.59. The molecule has 0 N–H and O–H groups in total. The Balaban J connectivity index is 1.83. The summed E-state index contributed by atoms with van der Waals surface area (Å²) in [5, 5.41) is 24.3. The van der Waals surface area contributed by atoms with Crippen molar-refractivity contribution in [2.24, 2.45) is 0 Å². The predicted octanol–water partition coefficient (Wildman–Crippen LogP) is 2.70. The SMILES string of the molecule is COc1c2c(cc3c1C(C1OC(=O)c4c1c([N+](=O)[O-])c(OC)c(OC)c4[N+](=O)[O-])N(C)CC3)OCO2. The first-order valence-corrected chi connectivity index (χ1v) is 10.8. The van der Waals surface area contributed by atoms with Gasteiger partial charge in [-0.05, 0) is 25.1 Å². The van der Waals surface area contributed by atoms with Crippen LogP contribution in [0.5, 0.6) is 28.7 Å². The van der Waals surface area contributed by atoms with Crippen LogP contribution < -0.4 is 23.7 Å². The Morgan fingerprint density at radius 3 is 2.22 bits per heavy atom. The molecule has 2 aromatic carbocycles. The van der Waals surface area contributed by atoms with Crippen LogP contribution in [0.3, 0.4) is 0 Å². The van der Waals surface area contributed by atoms with Crippen LogP contribution in [-0.4, -0.2) is 62.4 Å². The first-order valence-electron chi connectivity index (χ1n) is 10.8. The number of nitrogens with zero attached hydrogens (tertiary/aromatic N) is 3. The van der Waals surface area contributed by atoms with Crippen molar-refractivity contribution >= 4 is 17.3 Å². The lowest BCUT2D eigenvalue weighted by Gasteiger charge is -2.38. The van der Waals surface area contributed by atoms with Crippen molar-refractivity contribution in [3.05, 3.63) is 48.5 Å². The number of nitro benzene ring substituents is 2. The summed E-state index contributed by atoms with van der Waals surface area (Å²) >= 11 is 0. The molecule has 0 fully saturated rings. The number of benzene rings is 2. The molecule has 3 aliphatic rings. The molecule has 0 aromatic heterocycles. The third kappa shape index (κ3) is 3.10. The number of hydrogen-bond acceptors (Lipinski definition) is 12. The molecular weight excluding hydrogens is 482 g/mol. The van der Waals surface area contributed by atoms with Crippen molar-refractivity contribution in [3.8, 4) is 28.7 Å². The molecule has 2 atom stereocenters. The molecule has 36 heavy (non-hydrogen) atoms. The summed E-state index contributed by atoms with van der Waals surface area (Å²) in [6, 6.07) is 0.989. The van der Waals surface area contributed by atoms with Crippen molar-refractivity contribution in [2.75, 3.05) is 41.7 Å². The highest BCUT2D eigenvalue weighted by molar-refractivity contribution is 6.02. The maximum absolute atomic E-state index is 13.1. The summed E-state index contributed by atoms with van der Waals surface area (Å²) in [6.07, 6.45) is -0.721. The van der Waals surface area contributed by atoms with Crippen LogP contribution in [0.4, 0.5) is 11.4 Å². The molecule has 3 heterocycles. The largest absolute Gasteiger partial charge is 0.492 e. The minimum absolute atomic E-state index is 0.00893. The summed E-state index contributed by atoms with van der Waals surface area (Å²) in [6.45, 7) is 0.484. The molecule has 2 aromatic rings. The van der Waals surface area contributed by atoms with E-state index in [2.05, 4.69) is 0 Å². The van der Waals surface area contributed by atoms with Crippen molar-refractivity contribution in [3.63, 3.8) is 0 Å². The first kappa shape index (κ1) is 23.4. The monoisotopic (exact) mass is 503 g/mol. The third-order valence-corrected chi connectivity index (χ3v) is 6.63. The van der Waals surface area contributed by atoms with Crippen molar-refractivity contribution < 1.29 is 43.1 Å². The van der Waals surface area contributed by atoms with E-state index in [1.807, 2.05) is 4.90 Å². The van der Waals surface area contributed by atoms with E-state index < -0.39 is 56.4 Å². The van der Waals surface area contributed by atoms with E-state index in [-0.39, 0.29) is 12.4 Å². The Hall–Kier alpha value is -4.33. The molecular formula is C22H21N3O11. The highest BCUT2D eigenvalue weighted by atomic mass is 16.7. The van der Waals surface area contributed by atoms with Gasteiger partial charge in [0, 0.05) is 12.1 Å². The van der Waals surface area contributed by atoms with Gasteiger partial charge in [-0.3, -0.25) is 25.1 Å². The van der Waals surface area contributed by atoms with Gasteiger partial charge in [0.15, 0.2) is 23.2 Å². The number of carbonyl (C=O) groups is 1. The minimum atomic E-state index is -1.30. The Labute approximate surface area is 203 Å². The lowest BCUT2D eigenvalue weighted by Crippen LogP contribution is -2.36. The molecule has 0 aliphatic carbocycles. The van der Waals surface area contributed by atoms with Crippen molar-refractivity contribution in [1.82, 2.24) is 4.90 Å². The zero-order chi connectivity index (χ0) is 25.9. The number of methoxy groups -OCH3 is 3. The predicted molar refractivity (Wildman–Crippen MR) is 119 cm³/mol. The Morgan fingerprint density at radius 1 is 0.972 bits per heavy atom. The lowest BCUT2D eigenvalue weighted by atomic mass is 9.84. The smallest absolute Gasteiger partial charge is 0.346 e. The zero-order valence-electron chi connectivity index (χ0n) is 19.7. The second-order valence-electron chi connectivity index (χ2n) is 8.28. The highest BCUT2D eigenvalue weighted by Gasteiger charge is 2.54. The Morgan fingerprint density at radius 2 is 1.61 bits per heavy atom. The molecule has 5 rings (SSSR count). The molecule has 14 nitrogen and oxygen atoms in total. The molecule has 0 amide bonds. The van der Waals surface area contributed by atoms with Gasteiger partial charge in [-0.2, -0.15) is 0 Å². The van der Waals surface area contributed by atoms with E-state index in [0.717, 1.165) is 19.8 Å². The number of carbonyl (C=O) groups excluding carboxylic acids is 1.